The van der Waals surface area contributed by atoms with E-state index in [2.05, 4.69) is 48.3 Å². The quantitative estimate of drug-likeness (QED) is 0.435. The molecule has 0 radical (unpaired) electrons. The van der Waals surface area contributed by atoms with Gasteiger partial charge in [-0.15, -0.1) is 12.4 Å². The molecule has 3 heterocycles. The van der Waals surface area contributed by atoms with Crippen LogP contribution in [0.2, 0.25) is 5.02 Å². The number of nitrogens with one attached hydrogen (secondary N) is 2. The average Bonchev–Trinajstić information content (AvgIpc) is 3.49. The number of benzene rings is 1. The zero-order valence-electron chi connectivity index (χ0n) is 23.1. The number of aromatic nitrogens is 2. The Hall–Kier alpha value is -1.64. The number of likely N-dealkylation sites (tertiary alicyclic amines) is 1. The van der Waals surface area contributed by atoms with Gasteiger partial charge in [0.1, 0.15) is 0 Å². The molecule has 9 heteroatoms. The second-order valence-corrected chi connectivity index (χ2v) is 11.9. The van der Waals surface area contributed by atoms with Crippen LogP contribution in [0.5, 0.6) is 0 Å². The summed E-state index contributed by atoms with van der Waals surface area (Å²) in [6.07, 6.45) is 17.5. The minimum atomic E-state index is -0.188. The summed E-state index contributed by atoms with van der Waals surface area (Å²) in [5, 5.41) is 7.93. The van der Waals surface area contributed by atoms with Crippen LogP contribution in [0.3, 0.4) is 0 Å². The number of amides is 1. The number of rotatable bonds is 10. The van der Waals surface area contributed by atoms with E-state index < -0.39 is 0 Å². The topological polar surface area (TPSA) is 65.4 Å². The van der Waals surface area contributed by atoms with E-state index in [0.29, 0.717) is 24.5 Å². The molecule has 2 aliphatic heterocycles. The lowest BCUT2D eigenvalue weighted by atomic mass is 9.91. The summed E-state index contributed by atoms with van der Waals surface area (Å²) in [4.78, 5) is 23.1. The summed E-state index contributed by atoms with van der Waals surface area (Å²) >= 11 is 6.13. The van der Waals surface area contributed by atoms with Crippen molar-refractivity contribution >= 4 is 29.9 Å². The zero-order chi connectivity index (χ0) is 26.2. The van der Waals surface area contributed by atoms with Gasteiger partial charge < -0.3 is 20.1 Å². The van der Waals surface area contributed by atoms with E-state index in [1.807, 2.05) is 24.7 Å². The average molecular weight is 578 g/mol. The molecule has 1 saturated carbocycles. The second kappa shape index (κ2) is 15.4. The molecule has 39 heavy (non-hydrogen) atoms. The maximum Gasteiger partial charge on any atom is 0.240 e. The van der Waals surface area contributed by atoms with Crippen molar-refractivity contribution in [1.82, 2.24) is 30.0 Å². The monoisotopic (exact) mass is 576 g/mol. The Morgan fingerprint density at radius 1 is 1.03 bits per heavy atom. The second-order valence-electron chi connectivity index (χ2n) is 11.5. The van der Waals surface area contributed by atoms with E-state index in [1.165, 1.54) is 32.1 Å². The minimum Gasteiger partial charge on any atom is -0.341 e. The molecule has 5 rings (SSSR count). The van der Waals surface area contributed by atoms with Crippen LogP contribution >= 0.6 is 24.0 Å². The van der Waals surface area contributed by atoms with Gasteiger partial charge in [-0.2, -0.15) is 0 Å². The molecule has 1 amide bonds. The van der Waals surface area contributed by atoms with Gasteiger partial charge in [-0.05, 0) is 75.7 Å². The molecule has 1 aromatic carbocycles. The van der Waals surface area contributed by atoms with Crippen LogP contribution in [0.25, 0.3) is 0 Å². The Morgan fingerprint density at radius 2 is 1.72 bits per heavy atom. The summed E-state index contributed by atoms with van der Waals surface area (Å²) in [6.45, 7) is 5.78. The summed E-state index contributed by atoms with van der Waals surface area (Å²) in [5.74, 6) is 0.263. The number of piperidine rings is 2. The first-order chi connectivity index (χ1) is 18.7. The largest absolute Gasteiger partial charge is 0.341 e. The third-order valence-electron chi connectivity index (χ3n) is 8.89. The molecule has 3 aliphatic rings. The van der Waals surface area contributed by atoms with Gasteiger partial charge in [0, 0.05) is 61.7 Å². The summed E-state index contributed by atoms with van der Waals surface area (Å²) in [6, 6.07) is 9.40. The number of carbonyl (C=O) groups is 1. The van der Waals surface area contributed by atoms with Crippen molar-refractivity contribution in [3.63, 3.8) is 0 Å². The van der Waals surface area contributed by atoms with E-state index >= 15 is 0 Å². The van der Waals surface area contributed by atoms with Crippen molar-refractivity contribution in [3.05, 3.63) is 53.6 Å². The number of nitrogens with zero attached hydrogens (tertiary/aromatic N) is 4. The highest BCUT2D eigenvalue weighted by Crippen LogP contribution is 2.28. The molecule has 2 saturated heterocycles. The SMILES string of the molecule is Cl.O=C([C@@H](Cc1ccc(Cl)cc1)NC1CCNCC1)N1CCC(N(CCn2ccnc2)C2CCCCC2)CC1. The van der Waals surface area contributed by atoms with Crippen LogP contribution in [0, 0.1) is 0 Å². The molecular formula is C30H46Cl2N6O. The van der Waals surface area contributed by atoms with E-state index in [4.69, 9.17) is 11.6 Å². The van der Waals surface area contributed by atoms with Gasteiger partial charge in [0.25, 0.3) is 0 Å². The van der Waals surface area contributed by atoms with E-state index in [9.17, 15) is 4.79 Å². The van der Waals surface area contributed by atoms with E-state index in [-0.39, 0.29) is 24.4 Å². The van der Waals surface area contributed by atoms with Gasteiger partial charge in [0.05, 0.1) is 12.4 Å². The number of imidazole rings is 1. The molecule has 1 aliphatic carbocycles. The van der Waals surface area contributed by atoms with Crippen LogP contribution in [-0.2, 0) is 17.8 Å². The number of hydrogen-bond donors (Lipinski definition) is 2. The Balaban J connectivity index is 0.00000353. The minimum absolute atomic E-state index is 0. The Kier molecular flexibility index (Phi) is 12.0. The lowest BCUT2D eigenvalue weighted by Crippen LogP contribution is -2.56. The third-order valence-corrected chi connectivity index (χ3v) is 9.14. The highest BCUT2D eigenvalue weighted by atomic mass is 35.5. The Labute approximate surface area is 245 Å². The summed E-state index contributed by atoms with van der Waals surface area (Å²) in [5.41, 5.74) is 1.16. The predicted octanol–water partition coefficient (Wildman–Crippen LogP) is 4.54. The molecule has 2 aromatic rings. The fraction of sp³-hybridized carbons (Fsp3) is 0.667. The standard InChI is InChI=1S/C30H45ClN6O.ClH/c31-25-8-6-24(7-9-25)22-29(34-26-10-14-32-15-11-26)30(38)36-17-12-28(13-18-36)37(27-4-2-1-3-5-27)21-20-35-19-16-33-23-35;/h6-9,16,19,23,26-29,32,34H,1-5,10-15,17-18,20-22H2;1H/t29-;/m1./s1. The molecule has 3 fully saturated rings. The first-order valence-electron chi connectivity index (χ1n) is 14.9. The van der Waals surface area contributed by atoms with Gasteiger partial charge in [-0.1, -0.05) is 43.0 Å². The first-order valence-corrected chi connectivity index (χ1v) is 15.2. The summed E-state index contributed by atoms with van der Waals surface area (Å²) in [7, 11) is 0. The molecule has 0 bridgehead atoms. The molecule has 2 N–H and O–H groups in total. The van der Waals surface area contributed by atoms with Crippen LogP contribution in [0.4, 0.5) is 0 Å². The van der Waals surface area contributed by atoms with Crippen molar-refractivity contribution in [1.29, 1.82) is 0 Å². The van der Waals surface area contributed by atoms with Crippen molar-refractivity contribution in [2.45, 2.75) is 94.9 Å². The van der Waals surface area contributed by atoms with Gasteiger partial charge in [-0.3, -0.25) is 9.69 Å². The van der Waals surface area contributed by atoms with Crippen molar-refractivity contribution < 1.29 is 4.79 Å². The van der Waals surface area contributed by atoms with Crippen molar-refractivity contribution in [2.75, 3.05) is 32.7 Å². The fourth-order valence-electron chi connectivity index (χ4n) is 6.71. The number of halogens is 2. The molecule has 216 valence electrons. The van der Waals surface area contributed by atoms with E-state index in [1.54, 1.807) is 0 Å². The molecule has 7 nitrogen and oxygen atoms in total. The van der Waals surface area contributed by atoms with Gasteiger partial charge in [-0.25, -0.2) is 4.98 Å². The highest BCUT2D eigenvalue weighted by Gasteiger charge is 2.34. The zero-order valence-corrected chi connectivity index (χ0v) is 24.7. The predicted molar refractivity (Wildman–Crippen MR) is 161 cm³/mol. The lowest BCUT2D eigenvalue weighted by Gasteiger charge is -2.44. The molecule has 0 spiro atoms. The first kappa shape index (κ1) is 30.3. The van der Waals surface area contributed by atoms with Crippen LogP contribution in [0.1, 0.15) is 63.4 Å². The maximum absolute atomic E-state index is 13.9. The number of carbonyl (C=O) groups excluding carboxylic acids is 1. The van der Waals surface area contributed by atoms with Gasteiger partial charge in [0.15, 0.2) is 0 Å². The summed E-state index contributed by atoms with van der Waals surface area (Å²) < 4.78 is 2.20. The lowest BCUT2D eigenvalue weighted by molar-refractivity contribution is -0.135. The smallest absolute Gasteiger partial charge is 0.240 e. The molecule has 1 atom stereocenters. The molecule has 1 aromatic heterocycles. The maximum atomic E-state index is 13.9. The van der Waals surface area contributed by atoms with E-state index in [0.717, 1.165) is 75.5 Å². The Bertz CT molecular complexity index is 968. The van der Waals surface area contributed by atoms with Crippen molar-refractivity contribution in [3.8, 4) is 0 Å². The number of hydrogen-bond acceptors (Lipinski definition) is 5. The van der Waals surface area contributed by atoms with Gasteiger partial charge >= 0.3 is 0 Å². The van der Waals surface area contributed by atoms with Crippen molar-refractivity contribution in [2.24, 2.45) is 0 Å². The van der Waals surface area contributed by atoms with Crippen LogP contribution < -0.4 is 10.6 Å². The Morgan fingerprint density at radius 3 is 2.38 bits per heavy atom. The van der Waals surface area contributed by atoms with Crippen LogP contribution in [-0.4, -0.2) is 82.1 Å². The molecular weight excluding hydrogens is 531 g/mol. The fourth-order valence-corrected chi connectivity index (χ4v) is 6.84. The van der Waals surface area contributed by atoms with Gasteiger partial charge in [0.2, 0.25) is 5.91 Å². The highest BCUT2D eigenvalue weighted by molar-refractivity contribution is 6.30. The van der Waals surface area contributed by atoms with Crippen LogP contribution in [0.15, 0.2) is 43.0 Å². The normalized spacial score (nSPS) is 20.6. The molecule has 0 unspecified atom stereocenters. The third kappa shape index (κ3) is 8.67.